The molecule has 0 spiro atoms. The minimum atomic E-state index is -0.408. The lowest BCUT2D eigenvalue weighted by atomic mass is 10.1. The Morgan fingerprint density at radius 2 is 1.77 bits per heavy atom. The van der Waals surface area contributed by atoms with Gasteiger partial charge in [0.05, 0.1) is 0 Å². The molecule has 0 saturated heterocycles. The maximum atomic E-state index is 12.7. The Kier molecular flexibility index (Phi) is 5.77. The highest BCUT2D eigenvalue weighted by Crippen LogP contribution is 2.13. The van der Waals surface area contributed by atoms with Gasteiger partial charge in [-0.05, 0) is 48.4 Å². The number of rotatable bonds is 6. The highest BCUT2D eigenvalue weighted by atomic mass is 19.1. The van der Waals surface area contributed by atoms with E-state index in [2.05, 4.69) is 17.6 Å². The van der Waals surface area contributed by atoms with E-state index in [1.807, 2.05) is 24.3 Å². The molecule has 4 nitrogen and oxygen atoms in total. The van der Waals surface area contributed by atoms with E-state index < -0.39 is 6.03 Å². The fourth-order valence-electron chi connectivity index (χ4n) is 1.93. The molecule has 0 unspecified atom stereocenters. The summed E-state index contributed by atoms with van der Waals surface area (Å²) >= 11 is 0. The van der Waals surface area contributed by atoms with Gasteiger partial charge in [0.2, 0.25) is 0 Å². The molecule has 0 aromatic heterocycles. The van der Waals surface area contributed by atoms with E-state index >= 15 is 0 Å². The molecule has 0 saturated carbocycles. The number of halogens is 1. The van der Waals surface area contributed by atoms with E-state index in [1.165, 1.54) is 29.8 Å². The Morgan fingerprint density at radius 1 is 1.09 bits per heavy atom. The number of hydrogen-bond donors (Lipinski definition) is 2. The van der Waals surface area contributed by atoms with Gasteiger partial charge in [0.25, 0.3) is 0 Å². The van der Waals surface area contributed by atoms with Gasteiger partial charge in [0.1, 0.15) is 11.6 Å². The van der Waals surface area contributed by atoms with Crippen LogP contribution in [0.5, 0.6) is 5.75 Å². The van der Waals surface area contributed by atoms with Crippen molar-refractivity contribution in [2.75, 3.05) is 12.0 Å². The molecule has 2 aromatic rings. The Balaban J connectivity index is 1.73. The summed E-state index contributed by atoms with van der Waals surface area (Å²) in [5.74, 6) is 0.350. The lowest BCUT2D eigenvalue weighted by Crippen LogP contribution is -2.31. The predicted molar refractivity (Wildman–Crippen MR) is 84.5 cm³/mol. The zero-order valence-corrected chi connectivity index (χ0v) is 12.4. The van der Waals surface area contributed by atoms with Crippen LogP contribution in [0, 0.1) is 5.82 Å². The van der Waals surface area contributed by atoms with Crippen molar-refractivity contribution in [2.24, 2.45) is 0 Å². The topological polar surface area (TPSA) is 50.4 Å². The van der Waals surface area contributed by atoms with Gasteiger partial charge in [-0.15, -0.1) is 0 Å². The van der Waals surface area contributed by atoms with Crippen molar-refractivity contribution in [3.05, 3.63) is 59.9 Å². The summed E-state index contributed by atoms with van der Waals surface area (Å²) in [5, 5.41) is 5.15. The first-order valence-corrected chi connectivity index (χ1v) is 7.19. The minimum absolute atomic E-state index is 0.0557. The van der Waals surface area contributed by atoms with Gasteiger partial charge in [-0.1, -0.05) is 25.5 Å². The van der Waals surface area contributed by atoms with Crippen LogP contribution in [0.3, 0.4) is 0 Å². The number of carbonyl (C=O) groups excluding carboxylic acids is 1. The van der Waals surface area contributed by atoms with Crippen LogP contribution in [0.1, 0.15) is 18.9 Å². The first kappa shape index (κ1) is 15.8. The predicted octanol–water partition coefficient (Wildman–Crippen LogP) is 3.94. The van der Waals surface area contributed by atoms with Crippen LogP contribution in [0.4, 0.5) is 14.9 Å². The molecular weight excluding hydrogens is 283 g/mol. The van der Waals surface area contributed by atoms with Crippen LogP contribution in [-0.2, 0) is 6.42 Å². The number of anilines is 1. The van der Waals surface area contributed by atoms with Crippen molar-refractivity contribution < 1.29 is 13.9 Å². The van der Waals surface area contributed by atoms with E-state index in [4.69, 9.17) is 4.74 Å². The smallest absolute Gasteiger partial charge is 0.321 e. The normalized spacial score (nSPS) is 10.1. The van der Waals surface area contributed by atoms with Gasteiger partial charge in [0, 0.05) is 5.69 Å². The molecule has 2 amide bonds. The number of hydrogen-bond acceptors (Lipinski definition) is 2. The van der Waals surface area contributed by atoms with Gasteiger partial charge in [0.15, 0.2) is 6.73 Å². The molecule has 0 radical (unpaired) electrons. The number of amides is 2. The largest absolute Gasteiger partial charge is 0.473 e. The zero-order chi connectivity index (χ0) is 15.8. The molecule has 0 aliphatic rings. The SMILES string of the molecule is CCCc1ccc(OCNC(=O)Nc2ccc(F)cc2)cc1. The van der Waals surface area contributed by atoms with Gasteiger partial charge < -0.3 is 15.4 Å². The molecule has 2 aromatic carbocycles. The van der Waals surface area contributed by atoms with Crippen LogP contribution in [0.15, 0.2) is 48.5 Å². The standard InChI is InChI=1S/C17H19FN2O2/c1-2-3-13-4-10-16(11-5-13)22-12-19-17(21)20-15-8-6-14(18)7-9-15/h4-11H,2-3,12H2,1H3,(H2,19,20,21). The van der Waals surface area contributed by atoms with Gasteiger partial charge in [-0.2, -0.15) is 0 Å². The van der Waals surface area contributed by atoms with Crippen molar-refractivity contribution >= 4 is 11.7 Å². The number of benzene rings is 2. The summed E-state index contributed by atoms with van der Waals surface area (Å²) in [4.78, 5) is 11.6. The molecule has 22 heavy (non-hydrogen) atoms. The second-order valence-electron chi connectivity index (χ2n) is 4.82. The third-order valence-corrected chi connectivity index (χ3v) is 3.04. The fourth-order valence-corrected chi connectivity index (χ4v) is 1.93. The Bertz CT molecular complexity index is 597. The molecule has 2 N–H and O–H groups in total. The number of aryl methyl sites for hydroxylation is 1. The van der Waals surface area contributed by atoms with Crippen LogP contribution in [0.25, 0.3) is 0 Å². The lowest BCUT2D eigenvalue weighted by molar-refractivity contribution is 0.234. The molecule has 0 fully saturated rings. The minimum Gasteiger partial charge on any atom is -0.473 e. The number of urea groups is 1. The molecule has 116 valence electrons. The van der Waals surface area contributed by atoms with Gasteiger partial charge >= 0.3 is 6.03 Å². The van der Waals surface area contributed by atoms with Crippen LogP contribution >= 0.6 is 0 Å². The number of carbonyl (C=O) groups is 1. The molecule has 0 atom stereocenters. The first-order chi connectivity index (χ1) is 10.7. The molecular formula is C17H19FN2O2. The third kappa shape index (κ3) is 5.09. The van der Waals surface area contributed by atoms with E-state index in [1.54, 1.807) is 0 Å². The van der Waals surface area contributed by atoms with E-state index in [0.717, 1.165) is 12.8 Å². The number of ether oxygens (including phenoxy) is 1. The monoisotopic (exact) mass is 302 g/mol. The van der Waals surface area contributed by atoms with Crippen molar-refractivity contribution in [3.63, 3.8) is 0 Å². The van der Waals surface area contributed by atoms with Crippen molar-refractivity contribution in [1.82, 2.24) is 5.32 Å². The quantitative estimate of drug-likeness (QED) is 0.794. The third-order valence-electron chi connectivity index (χ3n) is 3.04. The highest BCUT2D eigenvalue weighted by molar-refractivity contribution is 5.89. The Morgan fingerprint density at radius 3 is 2.41 bits per heavy atom. The van der Waals surface area contributed by atoms with Crippen molar-refractivity contribution in [1.29, 1.82) is 0 Å². The average Bonchev–Trinajstić information content (AvgIpc) is 2.52. The van der Waals surface area contributed by atoms with Crippen molar-refractivity contribution in [2.45, 2.75) is 19.8 Å². The first-order valence-electron chi connectivity index (χ1n) is 7.19. The molecule has 0 heterocycles. The summed E-state index contributed by atoms with van der Waals surface area (Å²) in [6.07, 6.45) is 2.14. The summed E-state index contributed by atoms with van der Waals surface area (Å²) in [6.45, 7) is 2.19. The Labute approximate surface area is 129 Å². The average molecular weight is 302 g/mol. The second-order valence-corrected chi connectivity index (χ2v) is 4.82. The summed E-state index contributed by atoms with van der Waals surface area (Å²) in [7, 11) is 0. The highest BCUT2D eigenvalue weighted by Gasteiger charge is 2.02. The summed E-state index contributed by atoms with van der Waals surface area (Å²) in [6, 6.07) is 12.9. The van der Waals surface area contributed by atoms with Crippen LogP contribution < -0.4 is 15.4 Å². The molecule has 5 heteroatoms. The maximum absolute atomic E-state index is 12.7. The van der Waals surface area contributed by atoms with E-state index in [9.17, 15) is 9.18 Å². The van der Waals surface area contributed by atoms with Crippen LogP contribution in [0.2, 0.25) is 0 Å². The van der Waals surface area contributed by atoms with Gasteiger partial charge in [-0.25, -0.2) is 9.18 Å². The van der Waals surface area contributed by atoms with E-state index in [-0.39, 0.29) is 12.5 Å². The maximum Gasteiger partial charge on any atom is 0.321 e. The van der Waals surface area contributed by atoms with Crippen LogP contribution in [-0.4, -0.2) is 12.8 Å². The Hall–Kier alpha value is -2.56. The van der Waals surface area contributed by atoms with Crippen molar-refractivity contribution in [3.8, 4) is 5.75 Å². The fraction of sp³-hybridized carbons (Fsp3) is 0.235. The van der Waals surface area contributed by atoms with E-state index in [0.29, 0.717) is 11.4 Å². The molecule has 0 bridgehead atoms. The van der Waals surface area contributed by atoms with Gasteiger partial charge in [-0.3, -0.25) is 0 Å². The molecule has 0 aliphatic heterocycles. The summed E-state index contributed by atoms with van der Waals surface area (Å²) in [5.41, 5.74) is 1.78. The second kappa shape index (κ2) is 8.02. The summed E-state index contributed by atoms with van der Waals surface area (Å²) < 4.78 is 18.2. The number of nitrogens with one attached hydrogen (secondary N) is 2. The zero-order valence-electron chi connectivity index (χ0n) is 12.4. The molecule has 2 rings (SSSR count). The molecule has 0 aliphatic carbocycles. The lowest BCUT2D eigenvalue weighted by Gasteiger charge is -2.10.